The lowest BCUT2D eigenvalue weighted by molar-refractivity contribution is -0.145. The van der Waals surface area contributed by atoms with Crippen molar-refractivity contribution < 1.29 is 39.5 Å². The normalized spacial score (nSPS) is 15.4. The lowest BCUT2D eigenvalue weighted by Crippen LogP contribution is -2.13. The topological polar surface area (TPSA) is 141 Å². The van der Waals surface area contributed by atoms with Crippen LogP contribution in [-0.2, 0) is 19.1 Å². The van der Waals surface area contributed by atoms with E-state index in [2.05, 4.69) is 0 Å². The van der Waals surface area contributed by atoms with Gasteiger partial charge in [0.05, 0.1) is 6.61 Å². The van der Waals surface area contributed by atoms with E-state index in [9.17, 15) is 9.59 Å². The Kier molecular flexibility index (Phi) is 13.2. The monoisotopic (exact) mass is 280 g/mol. The van der Waals surface area contributed by atoms with E-state index in [1.807, 2.05) is 0 Å². The molecule has 1 atom stereocenters. The van der Waals surface area contributed by atoms with Crippen molar-refractivity contribution in [2.24, 2.45) is 0 Å². The highest BCUT2D eigenvalue weighted by Gasteiger charge is 2.05. The van der Waals surface area contributed by atoms with E-state index in [1.54, 1.807) is 0 Å². The molecule has 4 N–H and O–H groups in total. The van der Waals surface area contributed by atoms with Crippen LogP contribution in [-0.4, -0.2) is 57.7 Å². The molecule has 0 aromatic heterocycles. The molecule has 0 amide bonds. The first kappa shape index (κ1) is 19.7. The van der Waals surface area contributed by atoms with Gasteiger partial charge < -0.3 is 25.2 Å². The Labute approximate surface area is 110 Å². The highest BCUT2D eigenvalue weighted by molar-refractivity contribution is 5.71. The zero-order valence-corrected chi connectivity index (χ0v) is 10.7. The molecule has 1 heterocycles. The molecule has 0 radical (unpaired) electrons. The molecule has 112 valence electrons. The van der Waals surface area contributed by atoms with Crippen LogP contribution in [0.5, 0.6) is 0 Å². The number of carbonyl (C=O) groups excluding carboxylic acids is 1. The molecule has 8 nitrogen and oxygen atoms in total. The van der Waals surface area contributed by atoms with Crippen molar-refractivity contribution in [1.29, 1.82) is 0 Å². The summed E-state index contributed by atoms with van der Waals surface area (Å²) in [6, 6.07) is 0. The fraction of sp³-hybridized carbons (Fsp3) is 0.727. The fourth-order valence-electron chi connectivity index (χ4n) is 0.806. The number of aliphatic carboxylic acids is 2. The smallest absolute Gasteiger partial charge is 0.332 e. The van der Waals surface area contributed by atoms with Crippen LogP contribution >= 0.6 is 0 Å². The highest BCUT2D eigenvalue weighted by atomic mass is 16.5. The van der Waals surface area contributed by atoms with Crippen LogP contribution in [0.1, 0.15) is 32.6 Å². The molecular weight excluding hydrogens is 260 g/mol. The van der Waals surface area contributed by atoms with Crippen molar-refractivity contribution in [2.45, 2.75) is 38.7 Å². The molecule has 1 aliphatic heterocycles. The van der Waals surface area contributed by atoms with Crippen molar-refractivity contribution >= 4 is 17.9 Å². The van der Waals surface area contributed by atoms with Crippen LogP contribution < -0.4 is 0 Å². The number of carboxylic acid groups (broad SMARTS) is 2. The van der Waals surface area contributed by atoms with Gasteiger partial charge in [0.1, 0.15) is 12.7 Å². The summed E-state index contributed by atoms with van der Waals surface area (Å²) in [5, 5.41) is 30.8. The Morgan fingerprint density at radius 1 is 1.26 bits per heavy atom. The van der Waals surface area contributed by atoms with Crippen molar-refractivity contribution in [2.75, 3.05) is 13.2 Å². The molecule has 1 aliphatic rings. The Balaban J connectivity index is 0. The van der Waals surface area contributed by atoms with E-state index < -0.39 is 24.6 Å². The molecule has 1 saturated heterocycles. The van der Waals surface area contributed by atoms with Gasteiger partial charge >= 0.3 is 17.9 Å². The maximum absolute atomic E-state index is 10.5. The zero-order valence-electron chi connectivity index (χ0n) is 10.7. The van der Waals surface area contributed by atoms with Crippen LogP contribution in [0.4, 0.5) is 0 Å². The summed E-state index contributed by atoms with van der Waals surface area (Å²) in [7, 11) is 0. The average Bonchev–Trinajstić information content (AvgIpc) is 2.58. The van der Waals surface area contributed by atoms with Gasteiger partial charge in [0.15, 0.2) is 0 Å². The Morgan fingerprint density at radius 2 is 1.74 bits per heavy atom. The summed E-state index contributed by atoms with van der Waals surface area (Å²) < 4.78 is 4.76. The van der Waals surface area contributed by atoms with Crippen molar-refractivity contribution in [3.63, 3.8) is 0 Å². The number of ether oxygens (including phenoxy) is 1. The van der Waals surface area contributed by atoms with Gasteiger partial charge in [0, 0.05) is 6.42 Å². The Morgan fingerprint density at radius 3 is 2.11 bits per heavy atom. The predicted molar refractivity (Wildman–Crippen MR) is 63.5 cm³/mol. The van der Waals surface area contributed by atoms with E-state index in [-0.39, 0.29) is 5.97 Å². The van der Waals surface area contributed by atoms with Gasteiger partial charge in [-0.2, -0.15) is 0 Å². The maximum Gasteiger partial charge on any atom is 0.332 e. The number of aliphatic hydroxyl groups is 2. The minimum Gasteiger partial charge on any atom is -0.480 e. The number of carboxylic acids is 2. The minimum atomic E-state index is -1.23. The van der Waals surface area contributed by atoms with Gasteiger partial charge in [-0.05, 0) is 26.2 Å². The van der Waals surface area contributed by atoms with Gasteiger partial charge in [-0.1, -0.05) is 0 Å². The Bertz CT molecular complexity index is 264. The number of hydrogen-bond acceptors (Lipinski definition) is 6. The largest absolute Gasteiger partial charge is 0.480 e. The predicted octanol–water partition coefficient (Wildman–Crippen LogP) is -0.381. The van der Waals surface area contributed by atoms with Crippen LogP contribution in [0.3, 0.4) is 0 Å². The summed E-state index contributed by atoms with van der Waals surface area (Å²) in [5.41, 5.74) is 0. The lowest BCUT2D eigenvalue weighted by atomic mass is 10.2. The fourth-order valence-corrected chi connectivity index (χ4v) is 0.806. The summed E-state index contributed by atoms with van der Waals surface area (Å²) in [5.74, 6) is -2.40. The molecule has 0 aromatic rings. The van der Waals surface area contributed by atoms with Crippen LogP contribution in [0.25, 0.3) is 0 Å². The van der Waals surface area contributed by atoms with E-state index in [0.29, 0.717) is 13.0 Å². The van der Waals surface area contributed by atoms with E-state index in [0.717, 1.165) is 19.3 Å². The van der Waals surface area contributed by atoms with Gasteiger partial charge in [-0.25, -0.2) is 9.59 Å². The minimum absolute atomic E-state index is 0.0255. The van der Waals surface area contributed by atoms with Crippen LogP contribution in [0, 0.1) is 0 Å². The molecule has 0 aromatic carbocycles. The molecule has 8 heteroatoms. The third kappa shape index (κ3) is 18.9. The number of aliphatic hydroxyl groups excluding tert-OH is 2. The second-order valence-electron chi connectivity index (χ2n) is 3.60. The first-order chi connectivity index (χ1) is 8.81. The summed E-state index contributed by atoms with van der Waals surface area (Å²) in [6.45, 7) is 1.06. The second-order valence-corrected chi connectivity index (χ2v) is 3.60. The quantitative estimate of drug-likeness (QED) is 0.501. The third-order valence-corrected chi connectivity index (χ3v) is 1.78. The number of esters is 1. The molecule has 0 spiro atoms. The number of carbonyl (C=O) groups is 3. The molecule has 1 rings (SSSR count). The summed E-state index contributed by atoms with van der Waals surface area (Å²) in [6.07, 6.45) is 2.60. The zero-order chi connectivity index (χ0) is 15.3. The number of rotatable bonds is 2. The van der Waals surface area contributed by atoms with Gasteiger partial charge in [0.25, 0.3) is 0 Å². The SMILES string of the molecule is CC(O)C(=O)O.O=C(O)CO.O=C1CCCCCO1. The van der Waals surface area contributed by atoms with Gasteiger partial charge in [-0.3, -0.25) is 4.79 Å². The second kappa shape index (κ2) is 12.8. The Hall–Kier alpha value is -1.67. The van der Waals surface area contributed by atoms with Crippen molar-refractivity contribution in [3.05, 3.63) is 0 Å². The van der Waals surface area contributed by atoms with Crippen LogP contribution in [0.15, 0.2) is 0 Å². The van der Waals surface area contributed by atoms with E-state index >= 15 is 0 Å². The highest BCUT2D eigenvalue weighted by Crippen LogP contribution is 2.06. The summed E-state index contributed by atoms with van der Waals surface area (Å²) in [4.78, 5) is 29.0. The molecule has 1 unspecified atom stereocenters. The average molecular weight is 280 g/mol. The molecule has 1 fully saturated rings. The van der Waals surface area contributed by atoms with Gasteiger partial charge in [-0.15, -0.1) is 0 Å². The third-order valence-electron chi connectivity index (χ3n) is 1.78. The van der Waals surface area contributed by atoms with Crippen LogP contribution in [0.2, 0.25) is 0 Å². The number of cyclic esters (lactones) is 1. The summed E-state index contributed by atoms with van der Waals surface area (Å²) >= 11 is 0. The van der Waals surface area contributed by atoms with E-state index in [1.165, 1.54) is 6.92 Å². The number of hydrogen-bond donors (Lipinski definition) is 4. The van der Waals surface area contributed by atoms with Crippen molar-refractivity contribution in [1.82, 2.24) is 0 Å². The molecular formula is C11H20O8. The molecule has 0 aliphatic carbocycles. The lowest BCUT2D eigenvalue weighted by Gasteiger charge is -1.93. The van der Waals surface area contributed by atoms with Crippen molar-refractivity contribution in [3.8, 4) is 0 Å². The molecule has 0 bridgehead atoms. The first-order valence-electron chi connectivity index (χ1n) is 5.70. The molecule has 0 saturated carbocycles. The van der Waals surface area contributed by atoms with E-state index in [4.69, 9.17) is 30.0 Å². The standard InChI is InChI=1S/C6H10O2.C3H6O3.C2H4O3/c7-6-4-2-1-3-5-8-6;1-2(4)3(5)6;3-1-2(4)5/h1-5H2;2,4H,1H3,(H,5,6);3H,1H2,(H,4,5). The van der Waals surface area contributed by atoms with Gasteiger partial charge in [0.2, 0.25) is 0 Å². The first-order valence-corrected chi connectivity index (χ1v) is 5.70. The molecule has 19 heavy (non-hydrogen) atoms. The maximum atomic E-state index is 10.5.